The van der Waals surface area contributed by atoms with Gasteiger partial charge < -0.3 is 16.0 Å². The van der Waals surface area contributed by atoms with E-state index in [0.717, 1.165) is 12.8 Å². The van der Waals surface area contributed by atoms with Crippen LogP contribution >= 0.6 is 12.4 Å². The van der Waals surface area contributed by atoms with Crippen LogP contribution in [0.2, 0.25) is 0 Å². The molecule has 0 spiro atoms. The first-order chi connectivity index (χ1) is 8.65. The van der Waals surface area contributed by atoms with E-state index < -0.39 is 0 Å². The maximum Gasteiger partial charge on any atom is 0.239 e. The summed E-state index contributed by atoms with van der Waals surface area (Å²) in [7, 11) is 0. The van der Waals surface area contributed by atoms with Crippen molar-refractivity contribution in [1.82, 2.24) is 10.2 Å². The van der Waals surface area contributed by atoms with Crippen molar-refractivity contribution in [3.05, 3.63) is 0 Å². The second kappa shape index (κ2) is 7.10. The van der Waals surface area contributed by atoms with E-state index in [1.807, 2.05) is 0 Å². The smallest absolute Gasteiger partial charge is 0.239 e. The lowest BCUT2D eigenvalue weighted by Crippen LogP contribution is -2.51. The van der Waals surface area contributed by atoms with Crippen molar-refractivity contribution in [1.29, 1.82) is 0 Å². The number of hydrogen-bond acceptors (Lipinski definition) is 3. The first-order valence-corrected chi connectivity index (χ1v) is 6.90. The molecule has 2 rings (SSSR count). The van der Waals surface area contributed by atoms with Crippen LogP contribution < -0.4 is 11.1 Å². The van der Waals surface area contributed by atoms with Crippen molar-refractivity contribution in [3.63, 3.8) is 0 Å². The molecule has 0 aromatic heterocycles. The van der Waals surface area contributed by atoms with Gasteiger partial charge in [0.25, 0.3) is 0 Å². The Morgan fingerprint density at radius 2 is 2.00 bits per heavy atom. The number of amides is 2. The molecule has 2 amide bonds. The molecule has 6 heteroatoms. The van der Waals surface area contributed by atoms with E-state index in [-0.39, 0.29) is 36.2 Å². The molecule has 2 fully saturated rings. The van der Waals surface area contributed by atoms with Gasteiger partial charge in [-0.1, -0.05) is 19.3 Å². The summed E-state index contributed by atoms with van der Waals surface area (Å²) in [6, 6.07) is 0. The molecular formula is C13H24ClN3O2. The SMILES string of the molecule is Cl.NCC1(CC(=O)N2CCNC(=O)C2)CCCCC1. The highest BCUT2D eigenvalue weighted by atomic mass is 35.5. The molecule has 1 heterocycles. The van der Waals surface area contributed by atoms with Gasteiger partial charge in [-0.05, 0) is 24.8 Å². The molecule has 110 valence electrons. The number of carbonyl (C=O) groups is 2. The van der Waals surface area contributed by atoms with Gasteiger partial charge in [0.05, 0.1) is 6.54 Å². The van der Waals surface area contributed by atoms with Gasteiger partial charge in [0.2, 0.25) is 11.8 Å². The second-order valence-corrected chi connectivity index (χ2v) is 5.61. The van der Waals surface area contributed by atoms with Gasteiger partial charge in [-0.2, -0.15) is 0 Å². The number of nitrogens with two attached hydrogens (primary N) is 1. The number of rotatable bonds is 3. The zero-order valence-corrected chi connectivity index (χ0v) is 12.1. The molecule has 0 aromatic carbocycles. The van der Waals surface area contributed by atoms with E-state index in [1.165, 1.54) is 19.3 Å². The Hall–Kier alpha value is -0.810. The zero-order chi connectivity index (χ0) is 13.0. The Morgan fingerprint density at radius 3 is 2.58 bits per heavy atom. The standard InChI is InChI=1S/C13H23N3O2.ClH/c14-10-13(4-2-1-3-5-13)8-12(18)16-7-6-15-11(17)9-16;/h1-10,14H2,(H,15,17);1H. The fourth-order valence-electron chi connectivity index (χ4n) is 3.04. The summed E-state index contributed by atoms with van der Waals surface area (Å²) in [4.78, 5) is 25.2. The monoisotopic (exact) mass is 289 g/mol. The summed E-state index contributed by atoms with van der Waals surface area (Å²) < 4.78 is 0. The van der Waals surface area contributed by atoms with E-state index in [4.69, 9.17) is 5.73 Å². The quantitative estimate of drug-likeness (QED) is 0.802. The largest absolute Gasteiger partial charge is 0.353 e. The summed E-state index contributed by atoms with van der Waals surface area (Å²) in [6.07, 6.45) is 6.21. The highest BCUT2D eigenvalue weighted by molar-refractivity contribution is 5.86. The van der Waals surface area contributed by atoms with Gasteiger partial charge in [0, 0.05) is 19.5 Å². The van der Waals surface area contributed by atoms with E-state index in [0.29, 0.717) is 26.1 Å². The van der Waals surface area contributed by atoms with E-state index in [2.05, 4.69) is 5.32 Å². The van der Waals surface area contributed by atoms with Crippen LogP contribution in [0.4, 0.5) is 0 Å². The Bertz CT molecular complexity index is 330. The lowest BCUT2D eigenvalue weighted by atomic mass is 9.71. The molecule has 2 aliphatic rings. The third kappa shape index (κ3) is 4.08. The summed E-state index contributed by atoms with van der Waals surface area (Å²) in [6.45, 7) is 1.99. The van der Waals surface area contributed by atoms with Crippen LogP contribution in [0.3, 0.4) is 0 Å². The molecule has 1 aliphatic carbocycles. The average molecular weight is 290 g/mol. The van der Waals surface area contributed by atoms with Crippen LogP contribution in [-0.4, -0.2) is 42.9 Å². The van der Waals surface area contributed by atoms with E-state index >= 15 is 0 Å². The minimum atomic E-state index is -0.0555. The fourth-order valence-corrected chi connectivity index (χ4v) is 3.04. The Balaban J connectivity index is 0.00000180. The molecular weight excluding hydrogens is 266 g/mol. The minimum Gasteiger partial charge on any atom is -0.353 e. The van der Waals surface area contributed by atoms with Crippen molar-refractivity contribution in [2.45, 2.75) is 38.5 Å². The predicted octanol–water partition coefficient (Wildman–Crippen LogP) is 0.666. The van der Waals surface area contributed by atoms with Crippen molar-refractivity contribution < 1.29 is 9.59 Å². The molecule has 3 N–H and O–H groups in total. The fraction of sp³-hybridized carbons (Fsp3) is 0.846. The van der Waals surface area contributed by atoms with Gasteiger partial charge >= 0.3 is 0 Å². The number of carbonyl (C=O) groups excluding carboxylic acids is 2. The minimum absolute atomic E-state index is 0. The second-order valence-electron chi connectivity index (χ2n) is 5.61. The number of nitrogens with one attached hydrogen (secondary N) is 1. The number of piperazine rings is 1. The molecule has 0 radical (unpaired) electrons. The third-order valence-corrected chi connectivity index (χ3v) is 4.26. The number of nitrogens with zero attached hydrogens (tertiary/aromatic N) is 1. The molecule has 1 aliphatic heterocycles. The molecule has 19 heavy (non-hydrogen) atoms. The van der Waals surface area contributed by atoms with Crippen LogP contribution in [-0.2, 0) is 9.59 Å². The topological polar surface area (TPSA) is 75.4 Å². The first kappa shape index (κ1) is 16.2. The Kier molecular flexibility index (Phi) is 6.07. The first-order valence-electron chi connectivity index (χ1n) is 6.90. The van der Waals surface area contributed by atoms with Gasteiger partial charge in [-0.25, -0.2) is 0 Å². The van der Waals surface area contributed by atoms with Crippen LogP contribution in [0, 0.1) is 5.41 Å². The summed E-state index contributed by atoms with van der Waals surface area (Å²) >= 11 is 0. The van der Waals surface area contributed by atoms with Gasteiger partial charge in [-0.3, -0.25) is 9.59 Å². The number of halogens is 1. The average Bonchev–Trinajstić information content (AvgIpc) is 2.40. The Labute approximate surface area is 120 Å². The maximum absolute atomic E-state index is 12.3. The molecule has 0 atom stereocenters. The summed E-state index contributed by atoms with van der Waals surface area (Å²) in [5, 5.41) is 2.74. The van der Waals surface area contributed by atoms with Crippen LogP contribution in [0.15, 0.2) is 0 Å². The maximum atomic E-state index is 12.3. The Morgan fingerprint density at radius 1 is 1.32 bits per heavy atom. The lowest BCUT2D eigenvalue weighted by molar-refractivity contribution is -0.140. The highest BCUT2D eigenvalue weighted by Gasteiger charge is 2.35. The van der Waals surface area contributed by atoms with Crippen LogP contribution in [0.5, 0.6) is 0 Å². The molecule has 0 bridgehead atoms. The summed E-state index contributed by atoms with van der Waals surface area (Å²) in [5.41, 5.74) is 5.88. The van der Waals surface area contributed by atoms with Gasteiger partial charge in [0.1, 0.15) is 0 Å². The van der Waals surface area contributed by atoms with Crippen molar-refractivity contribution in [3.8, 4) is 0 Å². The highest BCUT2D eigenvalue weighted by Crippen LogP contribution is 2.38. The van der Waals surface area contributed by atoms with Gasteiger partial charge in [0.15, 0.2) is 0 Å². The van der Waals surface area contributed by atoms with Crippen molar-refractivity contribution >= 4 is 24.2 Å². The van der Waals surface area contributed by atoms with Crippen LogP contribution in [0.25, 0.3) is 0 Å². The molecule has 0 aromatic rings. The normalized spacial score (nSPS) is 22.4. The van der Waals surface area contributed by atoms with Gasteiger partial charge in [-0.15, -0.1) is 12.4 Å². The van der Waals surface area contributed by atoms with Crippen molar-refractivity contribution in [2.75, 3.05) is 26.2 Å². The molecule has 0 unspecified atom stereocenters. The van der Waals surface area contributed by atoms with Crippen LogP contribution in [0.1, 0.15) is 38.5 Å². The van der Waals surface area contributed by atoms with E-state index in [9.17, 15) is 9.59 Å². The third-order valence-electron chi connectivity index (χ3n) is 4.26. The van der Waals surface area contributed by atoms with E-state index in [1.54, 1.807) is 4.90 Å². The summed E-state index contributed by atoms with van der Waals surface area (Å²) in [5.74, 6) is 0.0391. The zero-order valence-electron chi connectivity index (χ0n) is 11.3. The molecule has 1 saturated carbocycles. The molecule has 5 nitrogen and oxygen atoms in total. The van der Waals surface area contributed by atoms with Crippen molar-refractivity contribution in [2.24, 2.45) is 11.1 Å². The molecule has 1 saturated heterocycles. The lowest BCUT2D eigenvalue weighted by Gasteiger charge is -2.38. The number of hydrogen-bond donors (Lipinski definition) is 2. The predicted molar refractivity (Wildman–Crippen MR) is 76.0 cm³/mol.